The van der Waals surface area contributed by atoms with Gasteiger partial charge in [-0.2, -0.15) is 0 Å². The second-order valence-electron chi connectivity index (χ2n) is 5.20. The molecule has 0 unspecified atom stereocenters. The molecule has 0 aliphatic carbocycles. The van der Waals surface area contributed by atoms with Gasteiger partial charge in [-0.05, 0) is 25.0 Å². The van der Waals surface area contributed by atoms with Crippen LogP contribution in [-0.4, -0.2) is 43.9 Å². The van der Waals surface area contributed by atoms with E-state index in [4.69, 9.17) is 9.47 Å². The van der Waals surface area contributed by atoms with Gasteiger partial charge in [0.2, 0.25) is 0 Å². The van der Waals surface area contributed by atoms with Gasteiger partial charge in [-0.15, -0.1) is 0 Å². The smallest absolute Gasteiger partial charge is 0.311 e. The highest BCUT2D eigenvalue weighted by molar-refractivity contribution is 5.97. The number of aliphatic carboxylic acids is 1. The van der Waals surface area contributed by atoms with Gasteiger partial charge in [-0.25, -0.2) is 4.39 Å². The lowest BCUT2D eigenvalue weighted by molar-refractivity contribution is -0.154. The van der Waals surface area contributed by atoms with Gasteiger partial charge in [-0.1, -0.05) is 6.07 Å². The van der Waals surface area contributed by atoms with Crippen molar-refractivity contribution in [3.05, 3.63) is 29.6 Å². The molecule has 1 aliphatic rings. The molecule has 1 aromatic carbocycles. The molecule has 120 valence electrons. The first-order chi connectivity index (χ1) is 10.5. The van der Waals surface area contributed by atoms with E-state index in [1.54, 1.807) is 0 Å². The number of carbonyl (C=O) groups excluding carboxylic acids is 1. The van der Waals surface area contributed by atoms with Crippen molar-refractivity contribution in [2.75, 3.05) is 26.9 Å². The summed E-state index contributed by atoms with van der Waals surface area (Å²) in [6.07, 6.45) is 0.605. The summed E-state index contributed by atoms with van der Waals surface area (Å²) in [5.41, 5.74) is -1.30. The van der Waals surface area contributed by atoms with Crippen molar-refractivity contribution in [1.82, 2.24) is 5.32 Å². The summed E-state index contributed by atoms with van der Waals surface area (Å²) in [6, 6.07) is 4.06. The molecule has 2 N–H and O–H groups in total. The maximum atomic E-state index is 13.8. The SMILES string of the molecule is COc1cccc(F)c1C(=O)NCC1(C(=O)O)CCOCC1. The molecule has 1 aromatic rings. The van der Waals surface area contributed by atoms with Crippen LogP contribution in [-0.2, 0) is 9.53 Å². The number of hydrogen-bond acceptors (Lipinski definition) is 4. The number of rotatable bonds is 5. The van der Waals surface area contributed by atoms with Crippen molar-refractivity contribution >= 4 is 11.9 Å². The van der Waals surface area contributed by atoms with E-state index in [1.165, 1.54) is 19.2 Å². The monoisotopic (exact) mass is 311 g/mol. The maximum absolute atomic E-state index is 13.8. The highest BCUT2D eigenvalue weighted by Crippen LogP contribution is 2.30. The Morgan fingerprint density at radius 1 is 1.41 bits per heavy atom. The van der Waals surface area contributed by atoms with Crippen LogP contribution >= 0.6 is 0 Å². The molecule has 0 atom stereocenters. The van der Waals surface area contributed by atoms with Crippen molar-refractivity contribution in [2.45, 2.75) is 12.8 Å². The van der Waals surface area contributed by atoms with Gasteiger partial charge in [0.05, 0.1) is 12.5 Å². The first kappa shape index (κ1) is 16.2. The molecule has 7 heteroatoms. The molecular weight excluding hydrogens is 293 g/mol. The number of ether oxygens (including phenoxy) is 2. The fourth-order valence-corrected chi connectivity index (χ4v) is 2.46. The van der Waals surface area contributed by atoms with Gasteiger partial charge < -0.3 is 19.9 Å². The number of carboxylic acids is 1. The fourth-order valence-electron chi connectivity index (χ4n) is 2.46. The van der Waals surface area contributed by atoms with E-state index in [-0.39, 0.29) is 17.9 Å². The number of benzene rings is 1. The van der Waals surface area contributed by atoms with E-state index in [2.05, 4.69) is 5.32 Å². The predicted molar refractivity (Wildman–Crippen MR) is 75.4 cm³/mol. The molecule has 1 aliphatic heterocycles. The van der Waals surface area contributed by atoms with Gasteiger partial charge in [-0.3, -0.25) is 9.59 Å². The zero-order valence-electron chi connectivity index (χ0n) is 12.2. The average Bonchev–Trinajstić information content (AvgIpc) is 2.53. The Morgan fingerprint density at radius 2 is 2.09 bits per heavy atom. The molecule has 1 amide bonds. The number of nitrogens with one attached hydrogen (secondary N) is 1. The summed E-state index contributed by atoms with van der Waals surface area (Å²) >= 11 is 0. The third-order valence-electron chi connectivity index (χ3n) is 3.91. The third kappa shape index (κ3) is 3.19. The van der Waals surface area contributed by atoms with E-state index in [0.717, 1.165) is 6.07 Å². The maximum Gasteiger partial charge on any atom is 0.311 e. The molecule has 2 rings (SSSR count). The largest absolute Gasteiger partial charge is 0.496 e. The van der Waals surface area contributed by atoms with Crippen LogP contribution in [0.5, 0.6) is 5.75 Å². The molecule has 1 saturated heterocycles. The van der Waals surface area contributed by atoms with Gasteiger partial charge in [0.25, 0.3) is 5.91 Å². The summed E-state index contributed by atoms with van der Waals surface area (Å²) in [5.74, 6) is -2.29. The first-order valence-electron chi connectivity index (χ1n) is 6.92. The Kier molecular flexibility index (Phi) is 4.97. The zero-order chi connectivity index (χ0) is 16.2. The third-order valence-corrected chi connectivity index (χ3v) is 3.91. The van der Waals surface area contributed by atoms with Crippen LogP contribution in [0.25, 0.3) is 0 Å². The molecule has 1 heterocycles. The first-order valence-corrected chi connectivity index (χ1v) is 6.92. The molecule has 0 radical (unpaired) electrons. The lowest BCUT2D eigenvalue weighted by atomic mass is 9.80. The predicted octanol–water partition coefficient (Wildman–Crippen LogP) is 1.45. The number of methoxy groups -OCH3 is 1. The molecular formula is C15H18FNO5. The summed E-state index contributed by atoms with van der Waals surface area (Å²) in [7, 11) is 1.34. The van der Waals surface area contributed by atoms with Gasteiger partial charge >= 0.3 is 5.97 Å². The Bertz CT molecular complexity index is 569. The van der Waals surface area contributed by atoms with E-state index < -0.39 is 23.1 Å². The molecule has 22 heavy (non-hydrogen) atoms. The van der Waals surface area contributed by atoms with Crippen LogP contribution in [0.2, 0.25) is 0 Å². The van der Waals surface area contributed by atoms with Gasteiger partial charge in [0, 0.05) is 19.8 Å². The Balaban J connectivity index is 2.14. The Labute approximate surface area is 127 Å². The standard InChI is InChI=1S/C15H18FNO5/c1-21-11-4-2-3-10(16)12(11)13(18)17-9-15(14(19)20)5-7-22-8-6-15/h2-4H,5-9H2,1H3,(H,17,18)(H,19,20). The molecule has 0 spiro atoms. The molecule has 6 nitrogen and oxygen atoms in total. The van der Waals surface area contributed by atoms with Crippen LogP contribution in [0.1, 0.15) is 23.2 Å². The Morgan fingerprint density at radius 3 is 2.68 bits per heavy atom. The number of carbonyl (C=O) groups is 2. The van der Waals surface area contributed by atoms with Crippen molar-refractivity contribution < 1.29 is 28.6 Å². The number of carboxylic acid groups (broad SMARTS) is 1. The minimum atomic E-state index is -1.08. The number of hydrogen-bond donors (Lipinski definition) is 2. The molecule has 0 bridgehead atoms. The lowest BCUT2D eigenvalue weighted by Gasteiger charge is -2.33. The normalized spacial score (nSPS) is 16.8. The average molecular weight is 311 g/mol. The van der Waals surface area contributed by atoms with E-state index in [0.29, 0.717) is 26.1 Å². The number of halogens is 1. The van der Waals surface area contributed by atoms with Crippen LogP contribution in [0.4, 0.5) is 4.39 Å². The molecule has 0 aromatic heterocycles. The molecule has 0 saturated carbocycles. The van der Waals surface area contributed by atoms with Crippen molar-refractivity contribution in [1.29, 1.82) is 0 Å². The summed E-state index contributed by atoms with van der Waals surface area (Å²) in [6.45, 7) is 0.568. The quantitative estimate of drug-likeness (QED) is 0.859. The highest BCUT2D eigenvalue weighted by Gasteiger charge is 2.40. The topological polar surface area (TPSA) is 84.9 Å². The second kappa shape index (κ2) is 6.74. The summed E-state index contributed by atoms with van der Waals surface area (Å²) in [5, 5.41) is 11.9. The van der Waals surface area contributed by atoms with Crippen LogP contribution < -0.4 is 10.1 Å². The van der Waals surface area contributed by atoms with Crippen LogP contribution in [0.3, 0.4) is 0 Å². The van der Waals surface area contributed by atoms with E-state index in [1.807, 2.05) is 0 Å². The molecule has 1 fully saturated rings. The lowest BCUT2D eigenvalue weighted by Crippen LogP contribution is -2.46. The highest BCUT2D eigenvalue weighted by atomic mass is 19.1. The zero-order valence-corrected chi connectivity index (χ0v) is 12.2. The van der Waals surface area contributed by atoms with Crippen LogP contribution in [0, 0.1) is 11.2 Å². The Hall–Kier alpha value is -2.15. The van der Waals surface area contributed by atoms with Gasteiger partial charge in [0.15, 0.2) is 0 Å². The fraction of sp³-hybridized carbons (Fsp3) is 0.467. The second-order valence-corrected chi connectivity index (χ2v) is 5.20. The summed E-state index contributed by atoms with van der Waals surface area (Å²) < 4.78 is 24.0. The van der Waals surface area contributed by atoms with Gasteiger partial charge in [0.1, 0.15) is 17.1 Å². The van der Waals surface area contributed by atoms with Crippen LogP contribution in [0.15, 0.2) is 18.2 Å². The summed E-state index contributed by atoms with van der Waals surface area (Å²) in [4.78, 5) is 23.7. The van der Waals surface area contributed by atoms with Crippen molar-refractivity contribution in [3.8, 4) is 5.75 Å². The minimum absolute atomic E-state index is 0.0813. The van der Waals surface area contributed by atoms with Crippen molar-refractivity contribution in [3.63, 3.8) is 0 Å². The van der Waals surface area contributed by atoms with Crippen molar-refractivity contribution in [2.24, 2.45) is 5.41 Å². The van der Waals surface area contributed by atoms with E-state index in [9.17, 15) is 19.1 Å². The minimum Gasteiger partial charge on any atom is -0.496 e. The van der Waals surface area contributed by atoms with E-state index >= 15 is 0 Å². The number of amides is 1.